The van der Waals surface area contributed by atoms with Crippen molar-refractivity contribution in [3.8, 4) is 0 Å². The number of aliphatic hydroxyl groups is 1. The molecule has 0 aromatic rings. The first-order valence-corrected chi connectivity index (χ1v) is 6.87. The predicted molar refractivity (Wildman–Crippen MR) is 71.1 cm³/mol. The van der Waals surface area contributed by atoms with E-state index in [-0.39, 0.29) is 12.1 Å². The Labute approximate surface area is 106 Å². The molecule has 0 spiro atoms. The molecule has 3 heteroatoms. The molecule has 17 heavy (non-hydrogen) atoms. The van der Waals surface area contributed by atoms with Gasteiger partial charge in [0.2, 0.25) is 0 Å². The van der Waals surface area contributed by atoms with Crippen LogP contribution in [0.5, 0.6) is 0 Å². The minimum atomic E-state index is -0.188. The van der Waals surface area contributed by atoms with Gasteiger partial charge in [-0.2, -0.15) is 0 Å². The molecule has 1 atom stereocenters. The van der Waals surface area contributed by atoms with Gasteiger partial charge in [-0.05, 0) is 37.1 Å². The summed E-state index contributed by atoms with van der Waals surface area (Å²) in [6.45, 7) is 11.2. The van der Waals surface area contributed by atoms with Crippen LogP contribution in [0.25, 0.3) is 0 Å². The fourth-order valence-corrected chi connectivity index (χ4v) is 2.16. The molecule has 3 nitrogen and oxygen atoms in total. The van der Waals surface area contributed by atoms with Gasteiger partial charge in [-0.15, -0.1) is 0 Å². The number of aliphatic hydroxyl groups excluding tert-OH is 1. The highest BCUT2D eigenvalue weighted by Crippen LogP contribution is 2.39. The van der Waals surface area contributed by atoms with Crippen molar-refractivity contribution < 1.29 is 9.84 Å². The Hall–Kier alpha value is -0.120. The molecular formula is C14H29NO2. The van der Waals surface area contributed by atoms with Gasteiger partial charge in [-0.25, -0.2) is 0 Å². The lowest BCUT2D eigenvalue weighted by atomic mass is 9.92. The van der Waals surface area contributed by atoms with E-state index in [2.05, 4.69) is 33.0 Å². The molecule has 0 saturated heterocycles. The Morgan fingerprint density at radius 2 is 1.94 bits per heavy atom. The summed E-state index contributed by atoms with van der Waals surface area (Å²) in [6.07, 6.45) is 3.50. The highest BCUT2D eigenvalue weighted by Gasteiger charge is 2.44. The average molecular weight is 243 g/mol. The average Bonchev–Trinajstić information content (AvgIpc) is 3.05. The SMILES string of the molecule is CCNC(CO)(COCCC(C)(C)C)C1CC1. The molecule has 0 amide bonds. The van der Waals surface area contributed by atoms with Crippen LogP contribution in [-0.4, -0.2) is 37.0 Å². The summed E-state index contributed by atoms with van der Waals surface area (Å²) in [4.78, 5) is 0. The minimum Gasteiger partial charge on any atom is -0.394 e. The second kappa shape index (κ2) is 6.17. The molecule has 1 aliphatic carbocycles. The van der Waals surface area contributed by atoms with E-state index in [4.69, 9.17) is 4.74 Å². The van der Waals surface area contributed by atoms with Gasteiger partial charge >= 0.3 is 0 Å². The fraction of sp³-hybridized carbons (Fsp3) is 1.00. The quantitative estimate of drug-likeness (QED) is 0.642. The van der Waals surface area contributed by atoms with E-state index in [1.807, 2.05) is 0 Å². The van der Waals surface area contributed by atoms with Crippen LogP contribution in [0, 0.1) is 11.3 Å². The van der Waals surface area contributed by atoms with Gasteiger partial charge in [0.15, 0.2) is 0 Å². The number of likely N-dealkylation sites (N-methyl/N-ethyl adjacent to an activating group) is 1. The second-order valence-electron chi connectivity index (χ2n) is 6.48. The molecule has 0 aromatic carbocycles. The molecule has 1 saturated carbocycles. The number of nitrogens with one attached hydrogen (secondary N) is 1. The second-order valence-corrected chi connectivity index (χ2v) is 6.48. The van der Waals surface area contributed by atoms with Gasteiger partial charge in [0.25, 0.3) is 0 Å². The van der Waals surface area contributed by atoms with Crippen LogP contribution in [0.4, 0.5) is 0 Å². The summed E-state index contributed by atoms with van der Waals surface area (Å²) in [5.41, 5.74) is 0.131. The van der Waals surface area contributed by atoms with E-state index in [1.165, 1.54) is 12.8 Å². The van der Waals surface area contributed by atoms with Gasteiger partial charge in [0.1, 0.15) is 0 Å². The number of hydrogen-bond donors (Lipinski definition) is 2. The Bertz CT molecular complexity index is 221. The van der Waals surface area contributed by atoms with Crippen LogP contribution >= 0.6 is 0 Å². The van der Waals surface area contributed by atoms with E-state index < -0.39 is 0 Å². The summed E-state index contributed by atoms with van der Waals surface area (Å²) < 4.78 is 5.80. The van der Waals surface area contributed by atoms with Crippen LogP contribution in [0.3, 0.4) is 0 Å². The lowest BCUT2D eigenvalue weighted by Crippen LogP contribution is -2.54. The molecule has 0 aromatic heterocycles. The molecule has 1 unspecified atom stereocenters. The minimum absolute atomic E-state index is 0.182. The number of ether oxygens (including phenoxy) is 1. The van der Waals surface area contributed by atoms with Crippen LogP contribution in [-0.2, 0) is 4.74 Å². The monoisotopic (exact) mass is 243 g/mol. The zero-order valence-electron chi connectivity index (χ0n) is 11.9. The van der Waals surface area contributed by atoms with Gasteiger partial charge < -0.3 is 15.2 Å². The Morgan fingerprint density at radius 3 is 2.35 bits per heavy atom. The smallest absolute Gasteiger partial charge is 0.0679 e. The van der Waals surface area contributed by atoms with Gasteiger partial charge in [-0.1, -0.05) is 27.7 Å². The van der Waals surface area contributed by atoms with Crippen molar-refractivity contribution >= 4 is 0 Å². The lowest BCUT2D eigenvalue weighted by molar-refractivity contribution is 0.0162. The maximum atomic E-state index is 9.63. The van der Waals surface area contributed by atoms with Crippen molar-refractivity contribution in [2.24, 2.45) is 11.3 Å². The van der Waals surface area contributed by atoms with Gasteiger partial charge in [0, 0.05) is 6.61 Å². The Morgan fingerprint density at radius 1 is 1.29 bits per heavy atom. The lowest BCUT2D eigenvalue weighted by Gasteiger charge is -2.33. The molecular weight excluding hydrogens is 214 g/mol. The molecule has 102 valence electrons. The van der Waals surface area contributed by atoms with Crippen LogP contribution < -0.4 is 5.32 Å². The summed E-state index contributed by atoms with van der Waals surface area (Å²) in [6, 6.07) is 0. The molecule has 0 radical (unpaired) electrons. The van der Waals surface area contributed by atoms with Gasteiger partial charge in [0.05, 0.1) is 18.8 Å². The predicted octanol–water partition coefficient (Wildman–Crippen LogP) is 2.19. The van der Waals surface area contributed by atoms with Crippen LogP contribution in [0.2, 0.25) is 0 Å². The third-order valence-electron chi connectivity index (χ3n) is 3.53. The summed E-state index contributed by atoms with van der Waals surface area (Å²) in [5.74, 6) is 0.599. The zero-order chi connectivity index (χ0) is 12.9. The Balaban J connectivity index is 2.34. The molecule has 1 fully saturated rings. The first kappa shape index (κ1) is 14.9. The van der Waals surface area contributed by atoms with Crippen molar-refractivity contribution in [3.05, 3.63) is 0 Å². The first-order chi connectivity index (χ1) is 7.93. The van der Waals surface area contributed by atoms with Crippen molar-refractivity contribution in [2.45, 2.75) is 52.5 Å². The third kappa shape index (κ3) is 4.94. The van der Waals surface area contributed by atoms with Crippen molar-refractivity contribution in [3.63, 3.8) is 0 Å². The van der Waals surface area contributed by atoms with E-state index in [0.29, 0.717) is 17.9 Å². The summed E-state index contributed by atoms with van der Waals surface area (Å²) in [7, 11) is 0. The maximum absolute atomic E-state index is 9.63. The highest BCUT2D eigenvalue weighted by atomic mass is 16.5. The maximum Gasteiger partial charge on any atom is 0.0679 e. The number of hydrogen-bond acceptors (Lipinski definition) is 3. The van der Waals surface area contributed by atoms with Crippen molar-refractivity contribution in [1.29, 1.82) is 0 Å². The third-order valence-corrected chi connectivity index (χ3v) is 3.53. The molecule has 2 N–H and O–H groups in total. The summed E-state index contributed by atoms with van der Waals surface area (Å²) in [5, 5.41) is 13.1. The molecule has 0 aliphatic heterocycles. The van der Waals surface area contributed by atoms with E-state index in [1.54, 1.807) is 0 Å². The van der Waals surface area contributed by atoms with E-state index in [9.17, 15) is 5.11 Å². The molecule has 1 rings (SSSR count). The fourth-order valence-electron chi connectivity index (χ4n) is 2.16. The zero-order valence-corrected chi connectivity index (χ0v) is 11.9. The largest absolute Gasteiger partial charge is 0.394 e. The normalized spacial score (nSPS) is 20.3. The highest BCUT2D eigenvalue weighted by molar-refractivity contribution is 5.00. The van der Waals surface area contributed by atoms with Crippen LogP contribution in [0.1, 0.15) is 47.0 Å². The molecule has 1 aliphatic rings. The van der Waals surface area contributed by atoms with Gasteiger partial charge in [-0.3, -0.25) is 0 Å². The first-order valence-electron chi connectivity index (χ1n) is 6.87. The van der Waals surface area contributed by atoms with Crippen molar-refractivity contribution in [1.82, 2.24) is 5.32 Å². The molecule has 0 bridgehead atoms. The number of rotatable bonds is 8. The Kier molecular flexibility index (Phi) is 5.42. The van der Waals surface area contributed by atoms with Crippen molar-refractivity contribution in [2.75, 3.05) is 26.4 Å². The molecule has 0 heterocycles. The van der Waals surface area contributed by atoms with E-state index in [0.717, 1.165) is 19.6 Å². The summed E-state index contributed by atoms with van der Waals surface area (Å²) >= 11 is 0. The topological polar surface area (TPSA) is 41.5 Å². The van der Waals surface area contributed by atoms with Crippen LogP contribution in [0.15, 0.2) is 0 Å². The van der Waals surface area contributed by atoms with E-state index >= 15 is 0 Å². The standard InChI is InChI=1S/C14H29NO2/c1-5-15-14(10-16,12-6-7-12)11-17-9-8-13(2,3)4/h12,15-16H,5-11H2,1-4H3.